The third-order valence-electron chi connectivity index (χ3n) is 1.58. The van der Waals surface area contributed by atoms with Gasteiger partial charge in [-0.1, -0.05) is 23.4 Å². The minimum Gasteiger partial charge on any atom is -0.481 e. The topological polar surface area (TPSA) is 46.5 Å². The zero-order valence-electron chi connectivity index (χ0n) is 8.17. The van der Waals surface area contributed by atoms with Crippen molar-refractivity contribution in [3.05, 3.63) is 28.8 Å². The van der Waals surface area contributed by atoms with E-state index < -0.39 is 12.6 Å². The average Bonchev–Trinajstić information content (AvgIpc) is 2.25. The first-order valence-electron chi connectivity index (χ1n) is 4.32. The molecule has 0 aliphatic carbocycles. The van der Waals surface area contributed by atoms with Crippen molar-refractivity contribution in [2.45, 2.75) is 0 Å². The number of carbonyl (C=O) groups is 1. The van der Waals surface area contributed by atoms with Gasteiger partial charge in [-0.3, -0.25) is 0 Å². The molecule has 0 amide bonds. The zero-order valence-corrected chi connectivity index (χ0v) is 9.68. The summed E-state index contributed by atoms with van der Waals surface area (Å²) in [5.74, 6) is 4.89. The van der Waals surface area contributed by atoms with Gasteiger partial charge in [0.1, 0.15) is 5.75 Å². The predicted molar refractivity (Wildman–Crippen MR) is 62.2 cm³/mol. The van der Waals surface area contributed by atoms with E-state index >= 15 is 0 Å². The van der Waals surface area contributed by atoms with E-state index in [2.05, 4.69) is 11.8 Å². The number of hydrogen-bond donors (Lipinski definition) is 1. The first kappa shape index (κ1) is 12.7. The molecule has 0 radical (unpaired) electrons. The van der Waals surface area contributed by atoms with Crippen LogP contribution in [-0.2, 0) is 4.79 Å². The molecule has 1 N–H and O–H groups in total. The van der Waals surface area contributed by atoms with Crippen LogP contribution in [0.4, 0.5) is 0 Å². The molecule has 0 unspecified atom stereocenters. The fourth-order valence-electron chi connectivity index (χ4n) is 0.987. The van der Waals surface area contributed by atoms with Gasteiger partial charge in [-0.25, -0.2) is 4.79 Å². The Bertz CT molecular complexity index is 446. The van der Waals surface area contributed by atoms with Gasteiger partial charge < -0.3 is 9.84 Å². The van der Waals surface area contributed by atoms with E-state index in [1.54, 1.807) is 12.1 Å². The van der Waals surface area contributed by atoms with Crippen LogP contribution < -0.4 is 4.74 Å². The Morgan fingerprint density at radius 3 is 2.88 bits per heavy atom. The lowest BCUT2D eigenvalue weighted by Gasteiger charge is -2.05. The van der Waals surface area contributed by atoms with E-state index in [0.717, 1.165) is 0 Å². The Morgan fingerprint density at radius 1 is 1.50 bits per heavy atom. The quantitative estimate of drug-likeness (QED) is 0.669. The van der Waals surface area contributed by atoms with E-state index in [4.69, 9.17) is 33.0 Å². The van der Waals surface area contributed by atoms with Gasteiger partial charge >= 0.3 is 5.97 Å². The Balaban J connectivity index is 2.93. The normalized spacial score (nSPS) is 9.12. The highest BCUT2D eigenvalue weighted by Gasteiger charge is 2.05. The first-order chi connectivity index (χ1) is 7.63. The highest BCUT2D eigenvalue weighted by molar-refractivity contribution is 6.30. The van der Waals surface area contributed by atoms with Crippen LogP contribution in [0.15, 0.2) is 18.2 Å². The molecule has 0 saturated heterocycles. The van der Waals surface area contributed by atoms with Gasteiger partial charge in [0.05, 0.1) is 11.4 Å². The van der Waals surface area contributed by atoms with Crippen molar-refractivity contribution in [1.29, 1.82) is 0 Å². The number of halogens is 2. The summed E-state index contributed by atoms with van der Waals surface area (Å²) in [6.45, 7) is -0.435. The largest absolute Gasteiger partial charge is 0.481 e. The number of alkyl halides is 1. The van der Waals surface area contributed by atoms with Crippen molar-refractivity contribution < 1.29 is 14.6 Å². The summed E-state index contributed by atoms with van der Waals surface area (Å²) >= 11 is 11.2. The van der Waals surface area contributed by atoms with Crippen molar-refractivity contribution in [3.8, 4) is 17.6 Å². The van der Waals surface area contributed by atoms with E-state index in [1.807, 2.05) is 0 Å². The van der Waals surface area contributed by atoms with Crippen molar-refractivity contribution in [3.63, 3.8) is 0 Å². The number of ether oxygens (including phenoxy) is 1. The number of benzene rings is 1. The fraction of sp³-hybridized carbons (Fsp3) is 0.182. The van der Waals surface area contributed by atoms with Crippen LogP contribution in [0, 0.1) is 11.8 Å². The molecule has 3 nitrogen and oxygen atoms in total. The van der Waals surface area contributed by atoms with Crippen LogP contribution in [0.5, 0.6) is 5.75 Å². The molecule has 0 saturated carbocycles. The lowest BCUT2D eigenvalue weighted by Crippen LogP contribution is -2.10. The van der Waals surface area contributed by atoms with Gasteiger partial charge in [0, 0.05) is 11.1 Å². The molecule has 5 heteroatoms. The summed E-state index contributed by atoms with van der Waals surface area (Å²) in [5.41, 5.74) is 0.561. The van der Waals surface area contributed by atoms with Crippen LogP contribution in [-0.4, -0.2) is 23.6 Å². The SMILES string of the molecule is O=C(O)COc1cc(Cl)ccc1C#CCCl. The maximum Gasteiger partial charge on any atom is 0.341 e. The molecule has 0 bridgehead atoms. The third kappa shape index (κ3) is 4.01. The number of carboxylic acids is 1. The summed E-state index contributed by atoms with van der Waals surface area (Å²) in [6.07, 6.45) is 0. The maximum atomic E-state index is 10.4. The second-order valence-electron chi connectivity index (χ2n) is 2.76. The highest BCUT2D eigenvalue weighted by Crippen LogP contribution is 2.22. The molecule has 1 aromatic carbocycles. The Morgan fingerprint density at radius 2 is 2.25 bits per heavy atom. The highest BCUT2D eigenvalue weighted by atomic mass is 35.5. The lowest BCUT2D eigenvalue weighted by atomic mass is 10.2. The number of hydrogen-bond acceptors (Lipinski definition) is 2. The second kappa shape index (κ2) is 6.26. The predicted octanol–water partition coefficient (Wildman–Crippen LogP) is 2.39. The van der Waals surface area contributed by atoms with E-state index in [9.17, 15) is 4.79 Å². The van der Waals surface area contributed by atoms with Crippen molar-refractivity contribution in [1.82, 2.24) is 0 Å². The maximum absolute atomic E-state index is 10.4. The molecular weight excluding hydrogens is 251 g/mol. The fourth-order valence-corrected chi connectivity index (χ4v) is 1.22. The molecule has 0 aromatic heterocycles. The minimum absolute atomic E-state index is 0.195. The molecule has 84 valence electrons. The Labute approximate surface area is 103 Å². The molecular formula is C11H8Cl2O3. The molecule has 0 heterocycles. The lowest BCUT2D eigenvalue weighted by molar-refractivity contribution is -0.139. The second-order valence-corrected chi connectivity index (χ2v) is 3.46. The zero-order chi connectivity index (χ0) is 12.0. The number of aliphatic carboxylic acids is 1. The smallest absolute Gasteiger partial charge is 0.341 e. The van der Waals surface area contributed by atoms with Crippen LogP contribution in [0.2, 0.25) is 5.02 Å². The van der Waals surface area contributed by atoms with Gasteiger partial charge in [-0.2, -0.15) is 0 Å². The summed E-state index contributed by atoms with van der Waals surface area (Å²) in [5, 5.41) is 8.95. The Kier molecular flexibility index (Phi) is 4.97. The number of carboxylic acid groups (broad SMARTS) is 1. The van der Waals surface area contributed by atoms with Crippen LogP contribution >= 0.6 is 23.2 Å². The van der Waals surface area contributed by atoms with Crippen LogP contribution in [0.25, 0.3) is 0 Å². The summed E-state index contributed by atoms with van der Waals surface area (Å²) in [7, 11) is 0. The van der Waals surface area contributed by atoms with Crippen LogP contribution in [0.3, 0.4) is 0 Å². The Hall–Kier alpha value is -1.37. The molecule has 0 fully saturated rings. The average molecular weight is 259 g/mol. The van der Waals surface area contributed by atoms with E-state index in [1.165, 1.54) is 6.07 Å². The van der Waals surface area contributed by atoms with Gasteiger partial charge in [0.15, 0.2) is 6.61 Å². The minimum atomic E-state index is -1.06. The van der Waals surface area contributed by atoms with Crippen molar-refractivity contribution in [2.75, 3.05) is 12.5 Å². The molecule has 1 aromatic rings. The van der Waals surface area contributed by atoms with Gasteiger partial charge in [0.2, 0.25) is 0 Å². The molecule has 1 rings (SSSR count). The molecule has 0 aliphatic heterocycles. The molecule has 0 aliphatic rings. The van der Waals surface area contributed by atoms with E-state index in [-0.39, 0.29) is 5.88 Å². The third-order valence-corrected chi connectivity index (χ3v) is 1.95. The monoisotopic (exact) mass is 258 g/mol. The summed E-state index contributed by atoms with van der Waals surface area (Å²) < 4.78 is 5.05. The molecule has 0 spiro atoms. The van der Waals surface area contributed by atoms with Crippen LogP contribution in [0.1, 0.15) is 5.56 Å². The number of rotatable bonds is 3. The summed E-state index contributed by atoms with van der Waals surface area (Å²) in [4.78, 5) is 10.4. The first-order valence-corrected chi connectivity index (χ1v) is 5.23. The van der Waals surface area contributed by atoms with Gasteiger partial charge in [0.25, 0.3) is 0 Å². The van der Waals surface area contributed by atoms with Crippen molar-refractivity contribution >= 4 is 29.2 Å². The molecule has 16 heavy (non-hydrogen) atoms. The van der Waals surface area contributed by atoms with Crippen molar-refractivity contribution in [2.24, 2.45) is 0 Å². The standard InChI is InChI=1S/C11H8Cl2O3/c12-5-1-2-8-3-4-9(13)6-10(8)16-7-11(14)15/h3-4,6H,5,7H2,(H,14,15). The summed E-state index contributed by atoms with van der Waals surface area (Å²) in [6, 6.07) is 4.81. The van der Waals surface area contributed by atoms with E-state index in [0.29, 0.717) is 16.3 Å². The molecule has 0 atom stereocenters. The van der Waals surface area contributed by atoms with Gasteiger partial charge in [-0.15, -0.1) is 11.6 Å². The van der Waals surface area contributed by atoms with Gasteiger partial charge in [-0.05, 0) is 12.1 Å².